The molecule has 10 heavy (non-hydrogen) atoms. The number of nitrogens with two attached hydrogens (primary N) is 1. The van der Waals surface area contributed by atoms with E-state index in [1.807, 2.05) is 0 Å². The third-order valence-corrected chi connectivity index (χ3v) is 1.15. The summed E-state index contributed by atoms with van der Waals surface area (Å²) in [5.74, 6) is 0. The maximum atomic E-state index is 5.48. The zero-order valence-electron chi connectivity index (χ0n) is 5.75. The van der Waals surface area contributed by atoms with Gasteiger partial charge in [0.05, 0.1) is 0 Å². The lowest BCUT2D eigenvalue weighted by Gasteiger charge is -1.90. The fraction of sp³-hybridized carbons (Fsp3) is 0. The quantitative estimate of drug-likeness (QED) is 0.471. The molecule has 0 saturated carbocycles. The van der Waals surface area contributed by atoms with Crippen LogP contribution in [0.3, 0.4) is 0 Å². The highest BCUT2D eigenvalue weighted by atomic mass is 32.1. The molecule has 0 fully saturated rings. The minimum atomic E-state index is 0.625. The van der Waals surface area contributed by atoms with Gasteiger partial charge in [-0.05, 0) is 12.2 Å². The maximum Gasteiger partial charge on any atom is 0.0324 e. The minimum Gasteiger partial charge on any atom is -0.399 e. The van der Waals surface area contributed by atoms with Gasteiger partial charge in [-0.2, -0.15) is 0 Å². The van der Waals surface area contributed by atoms with Crippen LogP contribution in [-0.2, 0) is 0 Å². The second-order valence-electron chi connectivity index (χ2n) is 1.68. The minimum absolute atomic E-state index is 0.625. The van der Waals surface area contributed by atoms with E-state index in [0.717, 1.165) is 4.91 Å². The Hall–Kier alpha value is -0.890. The van der Waals surface area contributed by atoms with Gasteiger partial charge in [0.1, 0.15) is 0 Å². The summed E-state index contributed by atoms with van der Waals surface area (Å²) in [4.78, 5) is 0.746. The Morgan fingerprint density at radius 3 is 2.40 bits per heavy atom. The molecule has 2 N–H and O–H groups in total. The monoisotopic (exact) mass is 153 g/mol. The van der Waals surface area contributed by atoms with Gasteiger partial charge in [-0.1, -0.05) is 25.3 Å². The highest BCUT2D eigenvalue weighted by Crippen LogP contribution is 2.02. The summed E-state index contributed by atoms with van der Waals surface area (Å²) >= 11 is 4.05. The Bertz CT molecular complexity index is 189. The summed E-state index contributed by atoms with van der Waals surface area (Å²) in [5.41, 5.74) is 6.10. The van der Waals surface area contributed by atoms with E-state index in [4.69, 9.17) is 5.73 Å². The second kappa shape index (κ2) is 4.94. The molecule has 0 unspecified atom stereocenters. The summed E-state index contributed by atoms with van der Waals surface area (Å²) in [7, 11) is 0. The molecule has 0 heterocycles. The number of hydrogen-bond acceptors (Lipinski definition) is 2. The van der Waals surface area contributed by atoms with E-state index < -0.39 is 0 Å². The second-order valence-corrected chi connectivity index (χ2v) is 2.19. The fourth-order valence-corrected chi connectivity index (χ4v) is 0.563. The van der Waals surface area contributed by atoms with Gasteiger partial charge in [-0.3, -0.25) is 0 Å². The zero-order valence-corrected chi connectivity index (χ0v) is 6.64. The molecule has 0 rings (SSSR count). The summed E-state index contributed by atoms with van der Waals surface area (Å²) < 4.78 is 0. The van der Waals surface area contributed by atoms with Crippen molar-refractivity contribution in [3.8, 4) is 0 Å². The zero-order chi connectivity index (χ0) is 7.98. The summed E-state index contributed by atoms with van der Waals surface area (Å²) in [5, 5.41) is 0. The van der Waals surface area contributed by atoms with Crippen molar-refractivity contribution in [2.45, 2.75) is 0 Å². The van der Waals surface area contributed by atoms with E-state index in [1.165, 1.54) is 0 Å². The molecule has 0 aromatic heterocycles. The highest BCUT2D eigenvalue weighted by molar-refractivity contribution is 7.84. The highest BCUT2D eigenvalue weighted by Gasteiger charge is 1.81. The first-order valence-electron chi connectivity index (χ1n) is 2.82. The van der Waals surface area contributed by atoms with E-state index in [-0.39, 0.29) is 0 Å². The van der Waals surface area contributed by atoms with Crippen LogP contribution in [0.1, 0.15) is 0 Å². The molecule has 54 valence electrons. The molecule has 0 spiro atoms. The van der Waals surface area contributed by atoms with Crippen LogP contribution in [0.25, 0.3) is 0 Å². The average molecular weight is 153 g/mol. The molecule has 0 aliphatic rings. The van der Waals surface area contributed by atoms with E-state index >= 15 is 0 Å². The normalized spacial score (nSPS) is 12.9. The van der Waals surface area contributed by atoms with Gasteiger partial charge in [0.2, 0.25) is 0 Å². The lowest BCUT2D eigenvalue weighted by Crippen LogP contribution is -1.91. The largest absolute Gasteiger partial charge is 0.399 e. The Labute approximate surface area is 67.0 Å². The smallest absolute Gasteiger partial charge is 0.0324 e. The van der Waals surface area contributed by atoms with Gasteiger partial charge in [-0.15, -0.1) is 12.6 Å². The maximum absolute atomic E-state index is 5.48. The van der Waals surface area contributed by atoms with E-state index in [9.17, 15) is 0 Å². The summed E-state index contributed by atoms with van der Waals surface area (Å²) in [6, 6.07) is 0. The van der Waals surface area contributed by atoms with Gasteiger partial charge >= 0.3 is 0 Å². The molecule has 0 aliphatic heterocycles. The van der Waals surface area contributed by atoms with Crippen LogP contribution in [0.15, 0.2) is 48.1 Å². The molecular formula is C8H11NS. The fourth-order valence-electron chi connectivity index (χ4n) is 0.414. The van der Waals surface area contributed by atoms with Crippen molar-refractivity contribution in [1.82, 2.24) is 0 Å². The Balaban J connectivity index is 4.24. The number of rotatable bonds is 3. The molecule has 0 bridgehead atoms. The lowest BCUT2D eigenvalue weighted by atomic mass is 10.3. The van der Waals surface area contributed by atoms with Crippen LogP contribution >= 0.6 is 12.6 Å². The SMILES string of the molecule is C=C/C=C(N)\C=C(\S)C=C. The Kier molecular flexibility index (Phi) is 4.50. The van der Waals surface area contributed by atoms with Crippen LogP contribution in [0.4, 0.5) is 0 Å². The van der Waals surface area contributed by atoms with Crippen LogP contribution in [0, 0.1) is 0 Å². The molecule has 0 aromatic carbocycles. The van der Waals surface area contributed by atoms with Gasteiger partial charge < -0.3 is 5.73 Å². The standard InChI is InChI=1S/C8H11NS/c1-3-5-7(9)6-8(10)4-2/h3-6,10H,1-2,9H2/b7-5+,8-6+. The van der Waals surface area contributed by atoms with Crippen molar-refractivity contribution >= 4 is 12.6 Å². The molecule has 0 atom stereocenters. The Morgan fingerprint density at radius 1 is 1.40 bits per heavy atom. The predicted molar refractivity (Wildman–Crippen MR) is 49.7 cm³/mol. The van der Waals surface area contributed by atoms with E-state index in [2.05, 4.69) is 25.8 Å². The summed E-state index contributed by atoms with van der Waals surface area (Å²) in [6.07, 6.45) is 6.64. The molecule has 0 aromatic rings. The lowest BCUT2D eigenvalue weighted by molar-refractivity contribution is 1.42. The molecular weight excluding hydrogens is 142 g/mol. The predicted octanol–water partition coefficient (Wildman–Crippen LogP) is 2.01. The first-order valence-corrected chi connectivity index (χ1v) is 3.26. The van der Waals surface area contributed by atoms with Crippen molar-refractivity contribution in [1.29, 1.82) is 0 Å². The van der Waals surface area contributed by atoms with E-state index in [1.54, 1.807) is 24.3 Å². The number of allylic oxidation sites excluding steroid dienone is 4. The molecule has 0 saturated heterocycles. The van der Waals surface area contributed by atoms with Crippen LogP contribution in [0.2, 0.25) is 0 Å². The summed E-state index contributed by atoms with van der Waals surface area (Å²) in [6.45, 7) is 7.02. The third kappa shape index (κ3) is 4.04. The number of thiol groups is 1. The van der Waals surface area contributed by atoms with E-state index in [0.29, 0.717) is 5.70 Å². The van der Waals surface area contributed by atoms with Gasteiger partial charge in [-0.25, -0.2) is 0 Å². The van der Waals surface area contributed by atoms with Gasteiger partial charge in [0.15, 0.2) is 0 Å². The van der Waals surface area contributed by atoms with Crippen molar-refractivity contribution < 1.29 is 0 Å². The van der Waals surface area contributed by atoms with Crippen molar-refractivity contribution in [3.05, 3.63) is 48.1 Å². The van der Waals surface area contributed by atoms with Gasteiger partial charge in [0, 0.05) is 10.6 Å². The topological polar surface area (TPSA) is 26.0 Å². The molecule has 1 nitrogen and oxygen atoms in total. The molecule has 0 amide bonds. The van der Waals surface area contributed by atoms with Crippen molar-refractivity contribution in [2.24, 2.45) is 5.73 Å². The van der Waals surface area contributed by atoms with Crippen LogP contribution < -0.4 is 5.73 Å². The number of hydrogen-bond donors (Lipinski definition) is 2. The molecule has 0 aliphatic carbocycles. The first-order chi connectivity index (χ1) is 4.70. The molecule has 0 radical (unpaired) electrons. The van der Waals surface area contributed by atoms with Gasteiger partial charge in [0.25, 0.3) is 0 Å². The average Bonchev–Trinajstić information content (AvgIpc) is 1.88. The third-order valence-electron chi connectivity index (χ3n) is 0.834. The van der Waals surface area contributed by atoms with Crippen molar-refractivity contribution in [3.63, 3.8) is 0 Å². The van der Waals surface area contributed by atoms with Crippen molar-refractivity contribution in [2.75, 3.05) is 0 Å². The van der Waals surface area contributed by atoms with Crippen LogP contribution in [-0.4, -0.2) is 0 Å². The first kappa shape index (κ1) is 9.11. The Morgan fingerprint density at radius 2 is 2.00 bits per heavy atom. The molecule has 2 heteroatoms. The van der Waals surface area contributed by atoms with Crippen LogP contribution in [0.5, 0.6) is 0 Å².